The predicted octanol–water partition coefficient (Wildman–Crippen LogP) is 7.37. The van der Waals surface area contributed by atoms with E-state index in [0.29, 0.717) is 0 Å². The first-order chi connectivity index (χ1) is 11.2. The van der Waals surface area contributed by atoms with Gasteiger partial charge in [0.05, 0.1) is 13.3 Å². The van der Waals surface area contributed by atoms with Gasteiger partial charge in [0.25, 0.3) is 0 Å². The van der Waals surface area contributed by atoms with Crippen LogP contribution >= 0.6 is 0 Å². The molecular formula is C20H48O2Si3. The van der Waals surface area contributed by atoms with Crippen molar-refractivity contribution in [1.82, 2.24) is 0 Å². The molecule has 0 bridgehead atoms. The summed E-state index contributed by atoms with van der Waals surface area (Å²) < 4.78 is 14.1. The van der Waals surface area contributed by atoms with Gasteiger partial charge in [-0.05, 0) is 58.9 Å². The Hall–Kier alpha value is 0.571. The molecule has 5 heteroatoms. The van der Waals surface area contributed by atoms with Crippen molar-refractivity contribution in [1.29, 1.82) is 0 Å². The second kappa shape index (κ2) is 9.18. The highest BCUT2D eigenvalue weighted by atomic mass is 28.4. The minimum Gasteiger partial charge on any atom is -0.412 e. The molecule has 152 valence electrons. The molecule has 0 N–H and O–H groups in total. The van der Waals surface area contributed by atoms with Crippen LogP contribution in [0.3, 0.4) is 0 Å². The van der Waals surface area contributed by atoms with Crippen molar-refractivity contribution < 1.29 is 8.85 Å². The standard InChI is InChI=1S/C20H48O2Si3/c1-13-17-23(7,8)19(5,15-3)22-25(11,12)20(6,16-4)21-24(9,10)18-14-2/h13-18H2,1-12H3. The van der Waals surface area contributed by atoms with Crippen molar-refractivity contribution in [3.05, 3.63) is 0 Å². The molecule has 0 radical (unpaired) electrons. The highest BCUT2D eigenvalue weighted by molar-refractivity contribution is 6.82. The first-order valence-corrected chi connectivity index (χ1v) is 19.8. The summed E-state index contributed by atoms with van der Waals surface area (Å²) in [5.41, 5.74) is 0. The largest absolute Gasteiger partial charge is 0.412 e. The quantitative estimate of drug-likeness (QED) is 0.316. The Morgan fingerprint density at radius 2 is 1.08 bits per heavy atom. The molecule has 0 spiro atoms. The lowest BCUT2D eigenvalue weighted by molar-refractivity contribution is 0.0751. The van der Waals surface area contributed by atoms with E-state index in [-0.39, 0.29) is 10.4 Å². The topological polar surface area (TPSA) is 18.5 Å². The molecule has 0 amide bonds. The van der Waals surface area contributed by atoms with Gasteiger partial charge in [0.2, 0.25) is 8.32 Å². The molecule has 0 saturated heterocycles. The lowest BCUT2D eigenvalue weighted by atomic mass is 10.3. The molecule has 0 aliphatic heterocycles. The van der Waals surface area contributed by atoms with Crippen LogP contribution in [0, 0.1) is 0 Å². The van der Waals surface area contributed by atoms with E-state index in [1.165, 1.54) is 24.9 Å². The summed E-state index contributed by atoms with van der Waals surface area (Å²) in [6.45, 7) is 28.5. The average Bonchev–Trinajstić information content (AvgIpc) is 2.45. The van der Waals surface area contributed by atoms with E-state index >= 15 is 0 Å². The molecule has 0 heterocycles. The average molecular weight is 405 g/mol. The van der Waals surface area contributed by atoms with Crippen molar-refractivity contribution in [2.24, 2.45) is 0 Å². The molecule has 0 rings (SSSR count). The smallest absolute Gasteiger partial charge is 0.216 e. The van der Waals surface area contributed by atoms with Crippen LogP contribution in [0.15, 0.2) is 0 Å². The molecule has 2 nitrogen and oxygen atoms in total. The molecule has 0 aliphatic rings. The predicted molar refractivity (Wildman–Crippen MR) is 122 cm³/mol. The Morgan fingerprint density at radius 1 is 0.640 bits per heavy atom. The van der Waals surface area contributed by atoms with Gasteiger partial charge in [-0.15, -0.1) is 0 Å². The summed E-state index contributed by atoms with van der Waals surface area (Å²) in [5.74, 6) is 0. The minimum absolute atomic E-state index is 0.0367. The summed E-state index contributed by atoms with van der Waals surface area (Å²) >= 11 is 0. The van der Waals surface area contributed by atoms with Crippen molar-refractivity contribution in [2.45, 2.75) is 129 Å². The summed E-state index contributed by atoms with van der Waals surface area (Å²) in [6, 6.07) is 2.57. The van der Waals surface area contributed by atoms with Gasteiger partial charge in [0, 0.05) is 5.22 Å². The lowest BCUT2D eigenvalue weighted by Crippen LogP contribution is -2.66. The van der Waals surface area contributed by atoms with Gasteiger partial charge < -0.3 is 8.85 Å². The molecule has 2 unspecified atom stereocenters. The van der Waals surface area contributed by atoms with Crippen LogP contribution in [0.2, 0.25) is 51.4 Å². The zero-order valence-electron chi connectivity index (χ0n) is 19.6. The van der Waals surface area contributed by atoms with E-state index in [0.717, 1.165) is 12.8 Å². The maximum Gasteiger partial charge on any atom is 0.216 e. The van der Waals surface area contributed by atoms with Gasteiger partial charge in [0.1, 0.15) is 0 Å². The first kappa shape index (κ1) is 25.6. The van der Waals surface area contributed by atoms with Crippen molar-refractivity contribution >= 4 is 24.7 Å². The molecule has 0 saturated carbocycles. The van der Waals surface area contributed by atoms with Crippen LogP contribution < -0.4 is 0 Å². The van der Waals surface area contributed by atoms with E-state index < -0.39 is 24.7 Å². The SMILES string of the molecule is CCC[Si](C)(C)OC(C)(CC)[Si](C)(C)OC(C)(CC)[Si](C)(C)CCC. The van der Waals surface area contributed by atoms with Gasteiger partial charge in [-0.25, -0.2) is 0 Å². The number of rotatable bonds is 12. The lowest BCUT2D eigenvalue weighted by Gasteiger charge is -2.53. The Balaban J connectivity index is 5.67. The Labute approximate surface area is 162 Å². The van der Waals surface area contributed by atoms with Crippen LogP contribution in [0.4, 0.5) is 0 Å². The second-order valence-electron chi connectivity index (χ2n) is 10.0. The number of hydrogen-bond acceptors (Lipinski definition) is 2. The van der Waals surface area contributed by atoms with E-state index in [2.05, 4.69) is 80.8 Å². The Kier molecular flexibility index (Phi) is 9.39. The fourth-order valence-electron chi connectivity index (χ4n) is 4.13. The van der Waals surface area contributed by atoms with Crippen molar-refractivity contribution in [2.75, 3.05) is 0 Å². The second-order valence-corrected chi connectivity index (χ2v) is 23.9. The third kappa shape index (κ3) is 6.30. The third-order valence-corrected chi connectivity index (χ3v) is 18.9. The van der Waals surface area contributed by atoms with Crippen LogP contribution in [-0.4, -0.2) is 35.2 Å². The fourth-order valence-corrected chi connectivity index (χ4v) is 15.6. The van der Waals surface area contributed by atoms with Crippen LogP contribution in [0.25, 0.3) is 0 Å². The zero-order chi connectivity index (χ0) is 20.2. The third-order valence-electron chi connectivity index (χ3n) is 6.76. The van der Waals surface area contributed by atoms with Gasteiger partial charge in [0.15, 0.2) is 8.32 Å². The maximum atomic E-state index is 7.17. The summed E-state index contributed by atoms with van der Waals surface area (Å²) in [5, 5.41) is -0.0695. The van der Waals surface area contributed by atoms with Crippen molar-refractivity contribution in [3.8, 4) is 0 Å². The van der Waals surface area contributed by atoms with E-state index in [1.54, 1.807) is 0 Å². The van der Waals surface area contributed by atoms with Crippen molar-refractivity contribution in [3.63, 3.8) is 0 Å². The molecule has 0 aromatic heterocycles. The van der Waals surface area contributed by atoms with E-state index in [4.69, 9.17) is 8.85 Å². The maximum absolute atomic E-state index is 7.17. The molecule has 0 fully saturated rings. The Morgan fingerprint density at radius 3 is 1.44 bits per heavy atom. The molecule has 0 aromatic carbocycles. The van der Waals surface area contributed by atoms with Gasteiger partial charge in [-0.2, -0.15) is 0 Å². The molecule has 0 aliphatic carbocycles. The van der Waals surface area contributed by atoms with E-state index in [1.807, 2.05) is 0 Å². The number of hydrogen-bond donors (Lipinski definition) is 0. The monoisotopic (exact) mass is 404 g/mol. The van der Waals surface area contributed by atoms with Gasteiger partial charge in [-0.3, -0.25) is 0 Å². The minimum atomic E-state index is -2.04. The molecule has 0 aromatic rings. The summed E-state index contributed by atoms with van der Waals surface area (Å²) in [4.78, 5) is 0. The van der Waals surface area contributed by atoms with Crippen LogP contribution in [-0.2, 0) is 8.85 Å². The molecule has 25 heavy (non-hydrogen) atoms. The van der Waals surface area contributed by atoms with Gasteiger partial charge in [-0.1, -0.05) is 59.7 Å². The molecular weight excluding hydrogens is 356 g/mol. The fraction of sp³-hybridized carbons (Fsp3) is 1.00. The van der Waals surface area contributed by atoms with Crippen LogP contribution in [0.1, 0.15) is 67.2 Å². The summed E-state index contributed by atoms with van der Waals surface area (Å²) in [7, 11) is -5.16. The van der Waals surface area contributed by atoms with Gasteiger partial charge >= 0.3 is 0 Å². The summed E-state index contributed by atoms with van der Waals surface area (Å²) in [6.07, 6.45) is 4.63. The highest BCUT2D eigenvalue weighted by Gasteiger charge is 2.53. The zero-order valence-corrected chi connectivity index (χ0v) is 22.6. The first-order valence-electron chi connectivity index (χ1n) is 10.6. The highest BCUT2D eigenvalue weighted by Crippen LogP contribution is 2.41. The normalized spacial score (nSPS) is 18.7. The Bertz CT molecular complexity index is 410. The van der Waals surface area contributed by atoms with Crippen LogP contribution in [0.5, 0.6) is 0 Å². The van der Waals surface area contributed by atoms with E-state index in [9.17, 15) is 0 Å². The molecule has 2 atom stereocenters.